The van der Waals surface area contributed by atoms with E-state index in [1.54, 1.807) is 18.2 Å². The average molecular weight is 495 g/mol. The van der Waals surface area contributed by atoms with Crippen LogP contribution in [-0.4, -0.2) is 37.3 Å². The SMILES string of the molecule is Cc1ccc(-c2nnc(NC(=O)CN(c3ccc(Br)c(C)c3)S(C)(=O)=O)s2)cc1. The number of anilines is 2. The number of benzene rings is 2. The zero-order valence-electron chi connectivity index (χ0n) is 16.0. The van der Waals surface area contributed by atoms with E-state index in [2.05, 4.69) is 31.4 Å². The van der Waals surface area contributed by atoms with Crippen LogP contribution in [0.1, 0.15) is 11.1 Å². The van der Waals surface area contributed by atoms with Crippen molar-refractivity contribution in [2.75, 3.05) is 22.4 Å². The zero-order valence-corrected chi connectivity index (χ0v) is 19.2. The molecule has 3 aromatic rings. The Kier molecular flexibility index (Phi) is 6.35. The van der Waals surface area contributed by atoms with Crippen molar-refractivity contribution < 1.29 is 13.2 Å². The molecule has 0 atom stereocenters. The van der Waals surface area contributed by atoms with Crippen molar-refractivity contribution in [3.63, 3.8) is 0 Å². The van der Waals surface area contributed by atoms with Gasteiger partial charge in [0.05, 0.1) is 11.9 Å². The van der Waals surface area contributed by atoms with E-state index in [0.717, 1.165) is 31.7 Å². The average Bonchev–Trinajstić information content (AvgIpc) is 3.10. The zero-order chi connectivity index (χ0) is 21.2. The summed E-state index contributed by atoms with van der Waals surface area (Å²) in [4.78, 5) is 12.5. The number of aromatic nitrogens is 2. The van der Waals surface area contributed by atoms with Gasteiger partial charge in [-0.3, -0.25) is 14.4 Å². The molecule has 152 valence electrons. The Morgan fingerprint density at radius 3 is 2.45 bits per heavy atom. The second-order valence-electron chi connectivity index (χ2n) is 6.53. The summed E-state index contributed by atoms with van der Waals surface area (Å²) in [5.74, 6) is -0.498. The van der Waals surface area contributed by atoms with E-state index in [9.17, 15) is 13.2 Å². The number of carbonyl (C=O) groups excluding carboxylic acids is 1. The van der Waals surface area contributed by atoms with E-state index < -0.39 is 15.9 Å². The second kappa shape index (κ2) is 8.60. The number of sulfonamides is 1. The lowest BCUT2D eigenvalue weighted by Crippen LogP contribution is -2.37. The van der Waals surface area contributed by atoms with Crippen LogP contribution < -0.4 is 9.62 Å². The Bertz CT molecular complexity index is 1140. The molecule has 0 aliphatic heterocycles. The van der Waals surface area contributed by atoms with Gasteiger partial charge in [-0.05, 0) is 37.6 Å². The molecule has 1 heterocycles. The van der Waals surface area contributed by atoms with Gasteiger partial charge >= 0.3 is 0 Å². The first-order valence-electron chi connectivity index (χ1n) is 8.58. The Labute approximate surface area is 182 Å². The van der Waals surface area contributed by atoms with E-state index >= 15 is 0 Å². The molecule has 0 unspecified atom stereocenters. The maximum Gasteiger partial charge on any atom is 0.246 e. The smallest absolute Gasteiger partial charge is 0.246 e. The van der Waals surface area contributed by atoms with Crippen LogP contribution in [0.3, 0.4) is 0 Å². The van der Waals surface area contributed by atoms with Crippen molar-refractivity contribution in [1.29, 1.82) is 0 Å². The number of carbonyl (C=O) groups is 1. The summed E-state index contributed by atoms with van der Waals surface area (Å²) < 4.78 is 26.4. The van der Waals surface area contributed by atoms with E-state index in [1.807, 2.05) is 38.1 Å². The molecule has 0 aliphatic rings. The molecule has 1 N–H and O–H groups in total. The standard InChI is InChI=1S/C19H19BrN4O3S2/c1-12-4-6-14(7-5-12)18-22-23-19(28-18)21-17(25)11-24(29(3,26)27)15-8-9-16(20)13(2)10-15/h4-10H,11H2,1-3H3,(H,21,23,25). The van der Waals surface area contributed by atoms with Gasteiger partial charge < -0.3 is 0 Å². The highest BCUT2D eigenvalue weighted by Crippen LogP contribution is 2.27. The number of nitrogens with zero attached hydrogens (tertiary/aromatic N) is 3. The Balaban J connectivity index is 1.75. The van der Waals surface area contributed by atoms with Crippen LogP contribution >= 0.6 is 27.3 Å². The molecule has 0 radical (unpaired) electrons. The van der Waals surface area contributed by atoms with Crippen molar-refractivity contribution in [1.82, 2.24) is 10.2 Å². The lowest BCUT2D eigenvalue weighted by atomic mass is 10.2. The van der Waals surface area contributed by atoms with Gasteiger partial charge in [-0.2, -0.15) is 0 Å². The second-order valence-corrected chi connectivity index (χ2v) is 10.3. The summed E-state index contributed by atoms with van der Waals surface area (Å²) in [6, 6.07) is 12.9. The van der Waals surface area contributed by atoms with Gasteiger partial charge in [-0.1, -0.05) is 57.1 Å². The highest BCUT2D eigenvalue weighted by Gasteiger charge is 2.22. The van der Waals surface area contributed by atoms with Crippen molar-refractivity contribution >= 4 is 54.0 Å². The minimum absolute atomic E-state index is 0.311. The molecular weight excluding hydrogens is 476 g/mol. The molecule has 1 aromatic heterocycles. The topological polar surface area (TPSA) is 92.3 Å². The summed E-state index contributed by atoms with van der Waals surface area (Å²) in [6.45, 7) is 3.48. The van der Waals surface area contributed by atoms with Crippen LogP contribution in [0.15, 0.2) is 46.9 Å². The van der Waals surface area contributed by atoms with Crippen molar-refractivity contribution in [2.45, 2.75) is 13.8 Å². The lowest BCUT2D eigenvalue weighted by molar-refractivity contribution is -0.114. The van der Waals surface area contributed by atoms with Gasteiger partial charge in [0, 0.05) is 10.0 Å². The van der Waals surface area contributed by atoms with Crippen LogP contribution in [0.25, 0.3) is 10.6 Å². The van der Waals surface area contributed by atoms with Gasteiger partial charge in [0.15, 0.2) is 0 Å². The maximum absolute atomic E-state index is 12.5. The summed E-state index contributed by atoms with van der Waals surface area (Å²) in [5, 5.41) is 11.7. The third-order valence-electron chi connectivity index (χ3n) is 4.09. The van der Waals surface area contributed by atoms with Crippen LogP contribution in [0.5, 0.6) is 0 Å². The van der Waals surface area contributed by atoms with Gasteiger partial charge in [-0.15, -0.1) is 10.2 Å². The van der Waals surface area contributed by atoms with E-state index in [-0.39, 0.29) is 6.54 Å². The van der Waals surface area contributed by atoms with Gasteiger partial charge in [0.25, 0.3) is 0 Å². The molecule has 10 heteroatoms. The molecular formula is C19H19BrN4O3S2. The molecule has 29 heavy (non-hydrogen) atoms. The fourth-order valence-electron chi connectivity index (χ4n) is 2.56. The molecule has 0 spiro atoms. The third kappa shape index (κ3) is 5.40. The fraction of sp³-hybridized carbons (Fsp3) is 0.211. The molecule has 3 rings (SSSR count). The first-order valence-corrected chi connectivity index (χ1v) is 12.0. The predicted molar refractivity (Wildman–Crippen MR) is 120 cm³/mol. The lowest BCUT2D eigenvalue weighted by Gasteiger charge is -2.22. The van der Waals surface area contributed by atoms with E-state index in [4.69, 9.17) is 0 Å². The largest absolute Gasteiger partial charge is 0.299 e. The molecule has 0 saturated carbocycles. The summed E-state index contributed by atoms with van der Waals surface area (Å²) in [6.07, 6.45) is 1.07. The van der Waals surface area contributed by atoms with Crippen LogP contribution in [0.2, 0.25) is 0 Å². The Morgan fingerprint density at radius 1 is 1.14 bits per heavy atom. The summed E-state index contributed by atoms with van der Waals surface area (Å²) >= 11 is 4.62. The number of hydrogen-bond acceptors (Lipinski definition) is 6. The molecule has 0 saturated heterocycles. The van der Waals surface area contributed by atoms with E-state index in [1.165, 1.54) is 11.3 Å². The number of rotatable bonds is 6. The minimum atomic E-state index is -3.65. The van der Waals surface area contributed by atoms with Crippen LogP contribution in [0, 0.1) is 13.8 Å². The van der Waals surface area contributed by atoms with Gasteiger partial charge in [0.2, 0.25) is 21.1 Å². The van der Waals surface area contributed by atoms with Gasteiger partial charge in [0.1, 0.15) is 11.6 Å². The van der Waals surface area contributed by atoms with Crippen molar-refractivity contribution in [3.8, 4) is 10.6 Å². The number of nitrogens with one attached hydrogen (secondary N) is 1. The molecule has 1 amide bonds. The van der Waals surface area contributed by atoms with Crippen LogP contribution in [-0.2, 0) is 14.8 Å². The normalized spacial score (nSPS) is 11.3. The Morgan fingerprint density at radius 2 is 1.83 bits per heavy atom. The molecule has 0 fully saturated rings. The highest BCUT2D eigenvalue weighted by atomic mass is 79.9. The number of aryl methyl sites for hydroxylation is 2. The quantitative estimate of drug-likeness (QED) is 0.559. The number of halogens is 1. The van der Waals surface area contributed by atoms with Crippen LogP contribution in [0.4, 0.5) is 10.8 Å². The summed E-state index contributed by atoms with van der Waals surface area (Å²) in [5.41, 5.74) is 3.32. The Hall–Kier alpha value is -2.30. The monoisotopic (exact) mass is 494 g/mol. The predicted octanol–water partition coefficient (Wildman–Crippen LogP) is 3.99. The maximum atomic E-state index is 12.5. The highest BCUT2D eigenvalue weighted by molar-refractivity contribution is 9.10. The third-order valence-corrected chi connectivity index (χ3v) is 7.01. The molecule has 0 aliphatic carbocycles. The number of amides is 1. The molecule has 7 nitrogen and oxygen atoms in total. The summed E-state index contributed by atoms with van der Waals surface area (Å²) in [7, 11) is -3.65. The molecule has 2 aromatic carbocycles. The minimum Gasteiger partial charge on any atom is -0.299 e. The molecule has 0 bridgehead atoms. The van der Waals surface area contributed by atoms with Crippen molar-refractivity contribution in [3.05, 3.63) is 58.1 Å². The first-order chi connectivity index (χ1) is 13.6. The van der Waals surface area contributed by atoms with Gasteiger partial charge in [-0.25, -0.2) is 8.42 Å². The van der Waals surface area contributed by atoms with Crippen molar-refractivity contribution in [2.24, 2.45) is 0 Å². The number of hydrogen-bond donors (Lipinski definition) is 1. The fourth-order valence-corrected chi connectivity index (χ4v) is 4.42. The van der Waals surface area contributed by atoms with E-state index in [0.29, 0.717) is 15.8 Å². The first kappa shape index (κ1) is 21.4.